The van der Waals surface area contributed by atoms with Gasteiger partial charge in [-0.2, -0.15) is 0 Å². The van der Waals surface area contributed by atoms with Crippen LogP contribution in [0, 0.1) is 0 Å². The molecular formula is C13H17N3O5. The highest BCUT2D eigenvalue weighted by atomic mass is 16.5. The Morgan fingerprint density at radius 2 is 2.38 bits per heavy atom. The maximum Gasteiger partial charge on any atom is 0.336 e. The molecule has 21 heavy (non-hydrogen) atoms. The summed E-state index contributed by atoms with van der Waals surface area (Å²) in [4.78, 5) is 16.6. The zero-order valence-electron chi connectivity index (χ0n) is 11.5. The highest BCUT2D eigenvalue weighted by Crippen LogP contribution is 2.27. The van der Waals surface area contributed by atoms with Gasteiger partial charge in [0.2, 0.25) is 0 Å². The van der Waals surface area contributed by atoms with E-state index in [2.05, 4.69) is 4.98 Å². The van der Waals surface area contributed by atoms with Gasteiger partial charge < -0.3 is 19.7 Å². The second-order valence-electron chi connectivity index (χ2n) is 5.01. The van der Waals surface area contributed by atoms with Crippen LogP contribution in [0.3, 0.4) is 0 Å². The van der Waals surface area contributed by atoms with E-state index in [1.54, 1.807) is 25.7 Å². The fraction of sp³-hybridized carbons (Fsp3) is 0.538. The number of nitrogens with zero attached hydrogens (tertiary/aromatic N) is 3. The van der Waals surface area contributed by atoms with E-state index in [-0.39, 0.29) is 18.7 Å². The first-order valence-electron chi connectivity index (χ1n) is 6.66. The molecule has 1 aliphatic heterocycles. The Balaban J connectivity index is 2.06. The quantitative estimate of drug-likeness (QED) is 0.772. The van der Waals surface area contributed by atoms with Crippen LogP contribution in [0.15, 0.2) is 23.4 Å². The average molecular weight is 295 g/mol. The number of fused-ring (bicyclic) bond motifs is 1. The van der Waals surface area contributed by atoms with Gasteiger partial charge in [-0.3, -0.25) is 8.97 Å². The van der Waals surface area contributed by atoms with Crippen molar-refractivity contribution in [2.75, 3.05) is 13.7 Å². The summed E-state index contributed by atoms with van der Waals surface area (Å²) in [6.07, 6.45) is 2.90. The molecule has 0 saturated carbocycles. The third kappa shape index (κ3) is 2.36. The van der Waals surface area contributed by atoms with Crippen molar-refractivity contribution >= 4 is 5.65 Å². The minimum atomic E-state index is -0.795. The molecule has 3 heterocycles. The molecule has 0 bridgehead atoms. The first kappa shape index (κ1) is 14.2. The van der Waals surface area contributed by atoms with Crippen LogP contribution in [0.5, 0.6) is 0 Å². The number of aromatic nitrogens is 3. The van der Waals surface area contributed by atoms with Crippen LogP contribution in [-0.2, 0) is 16.1 Å². The molecule has 8 nitrogen and oxygen atoms in total. The van der Waals surface area contributed by atoms with E-state index in [1.165, 1.54) is 8.97 Å². The highest BCUT2D eigenvalue weighted by molar-refractivity contribution is 5.45. The summed E-state index contributed by atoms with van der Waals surface area (Å²) in [7, 11) is 1.56. The van der Waals surface area contributed by atoms with Gasteiger partial charge in [0.1, 0.15) is 18.0 Å². The number of ether oxygens (including phenoxy) is 2. The van der Waals surface area contributed by atoms with Crippen molar-refractivity contribution in [1.29, 1.82) is 0 Å². The Bertz CT molecular complexity index is 695. The monoisotopic (exact) mass is 295 g/mol. The summed E-state index contributed by atoms with van der Waals surface area (Å²) in [6.45, 7) is 0.0180. The molecule has 0 aromatic carbocycles. The largest absolute Gasteiger partial charge is 0.394 e. The predicted octanol–water partition coefficient (Wildman–Crippen LogP) is -0.717. The molecule has 3 atom stereocenters. The van der Waals surface area contributed by atoms with Crippen LogP contribution < -0.4 is 5.69 Å². The van der Waals surface area contributed by atoms with Crippen LogP contribution in [0.2, 0.25) is 0 Å². The molecule has 0 aliphatic carbocycles. The van der Waals surface area contributed by atoms with Gasteiger partial charge in [0, 0.05) is 37.7 Å². The molecule has 2 aromatic rings. The normalized spacial score (nSPS) is 25.8. The summed E-state index contributed by atoms with van der Waals surface area (Å²) >= 11 is 0. The van der Waals surface area contributed by atoms with Gasteiger partial charge in [-0.1, -0.05) is 0 Å². The maximum atomic E-state index is 12.5. The number of methoxy groups -OCH3 is 1. The highest BCUT2D eigenvalue weighted by Gasteiger charge is 2.35. The van der Waals surface area contributed by atoms with E-state index >= 15 is 0 Å². The van der Waals surface area contributed by atoms with Crippen molar-refractivity contribution in [1.82, 2.24) is 14.0 Å². The Kier molecular flexibility index (Phi) is 3.77. The molecule has 114 valence electrons. The van der Waals surface area contributed by atoms with Crippen LogP contribution in [0.25, 0.3) is 5.65 Å². The molecule has 0 amide bonds. The summed E-state index contributed by atoms with van der Waals surface area (Å²) in [6, 6.07) is 0. The van der Waals surface area contributed by atoms with E-state index < -0.39 is 18.4 Å². The molecule has 1 aliphatic rings. The third-order valence-electron chi connectivity index (χ3n) is 3.64. The van der Waals surface area contributed by atoms with E-state index in [4.69, 9.17) is 14.6 Å². The van der Waals surface area contributed by atoms with Gasteiger partial charge >= 0.3 is 5.69 Å². The molecule has 2 N–H and O–H groups in total. The van der Waals surface area contributed by atoms with Gasteiger partial charge in [-0.25, -0.2) is 9.78 Å². The maximum absolute atomic E-state index is 12.5. The SMILES string of the molecule is COCc1cn([C@H]2C[C@H](O)[C@@H](CO)O2)c(=O)n2ccnc12. The fourth-order valence-corrected chi connectivity index (χ4v) is 2.61. The topological polar surface area (TPSA) is 98.2 Å². The summed E-state index contributed by atoms with van der Waals surface area (Å²) in [5, 5.41) is 19.0. The summed E-state index contributed by atoms with van der Waals surface area (Å²) < 4.78 is 13.5. The average Bonchev–Trinajstić information content (AvgIpc) is 3.09. The predicted molar refractivity (Wildman–Crippen MR) is 71.8 cm³/mol. The first-order chi connectivity index (χ1) is 10.2. The van der Waals surface area contributed by atoms with Crippen molar-refractivity contribution in [3.8, 4) is 0 Å². The van der Waals surface area contributed by atoms with Crippen LogP contribution in [0.1, 0.15) is 18.2 Å². The molecule has 3 rings (SSSR count). The fourth-order valence-electron chi connectivity index (χ4n) is 2.61. The molecule has 1 fully saturated rings. The van der Waals surface area contributed by atoms with Crippen molar-refractivity contribution in [2.45, 2.75) is 31.5 Å². The Morgan fingerprint density at radius 1 is 1.57 bits per heavy atom. The lowest BCUT2D eigenvalue weighted by atomic mass is 10.2. The van der Waals surface area contributed by atoms with Gasteiger partial charge in [0.15, 0.2) is 0 Å². The number of hydrogen-bond acceptors (Lipinski definition) is 6. The number of rotatable bonds is 4. The van der Waals surface area contributed by atoms with Crippen molar-refractivity contribution in [2.24, 2.45) is 0 Å². The Hall–Kier alpha value is -1.74. The zero-order valence-corrected chi connectivity index (χ0v) is 11.5. The zero-order chi connectivity index (χ0) is 15.0. The minimum Gasteiger partial charge on any atom is -0.394 e. The number of hydrogen-bond donors (Lipinski definition) is 2. The number of imidazole rings is 1. The summed E-state index contributed by atoms with van der Waals surface area (Å²) in [5.74, 6) is 0. The van der Waals surface area contributed by atoms with E-state index in [1.807, 2.05) is 0 Å². The lowest BCUT2D eigenvalue weighted by Crippen LogP contribution is -2.30. The van der Waals surface area contributed by atoms with Gasteiger partial charge in [0.25, 0.3) is 0 Å². The van der Waals surface area contributed by atoms with Crippen LogP contribution in [0.4, 0.5) is 0 Å². The summed E-state index contributed by atoms with van der Waals surface area (Å²) in [5.41, 5.74) is 0.973. The van der Waals surface area contributed by atoms with E-state index in [0.717, 1.165) is 5.56 Å². The number of aliphatic hydroxyl groups excluding tert-OH is 2. The Morgan fingerprint density at radius 3 is 3.05 bits per heavy atom. The molecule has 2 aromatic heterocycles. The molecule has 1 saturated heterocycles. The number of aliphatic hydroxyl groups is 2. The van der Waals surface area contributed by atoms with Crippen molar-refractivity contribution in [3.05, 3.63) is 34.6 Å². The lowest BCUT2D eigenvalue weighted by molar-refractivity contribution is -0.0461. The molecule has 0 spiro atoms. The van der Waals surface area contributed by atoms with E-state index in [9.17, 15) is 9.90 Å². The van der Waals surface area contributed by atoms with Gasteiger partial charge in [-0.05, 0) is 0 Å². The molecule has 8 heteroatoms. The van der Waals surface area contributed by atoms with Gasteiger partial charge in [-0.15, -0.1) is 0 Å². The second-order valence-corrected chi connectivity index (χ2v) is 5.01. The van der Waals surface area contributed by atoms with Gasteiger partial charge in [0.05, 0.1) is 19.3 Å². The second kappa shape index (κ2) is 5.57. The lowest BCUT2D eigenvalue weighted by Gasteiger charge is -2.16. The standard InChI is InChI=1S/C13H17N3O5/c1-20-7-8-5-16(11-4-9(18)10(6-17)21-11)13(19)15-3-2-14-12(8)15/h2-3,5,9-11,17-18H,4,6-7H2,1H3/t9-,10+,11+/m0/s1. The van der Waals surface area contributed by atoms with E-state index in [0.29, 0.717) is 12.3 Å². The van der Waals surface area contributed by atoms with Crippen LogP contribution in [-0.4, -0.2) is 50.1 Å². The van der Waals surface area contributed by atoms with Crippen LogP contribution >= 0.6 is 0 Å². The van der Waals surface area contributed by atoms with Crippen molar-refractivity contribution < 1.29 is 19.7 Å². The minimum absolute atomic E-state index is 0.248. The van der Waals surface area contributed by atoms with Crippen molar-refractivity contribution in [3.63, 3.8) is 0 Å². The molecule has 0 unspecified atom stereocenters. The molecular weight excluding hydrogens is 278 g/mol. The first-order valence-corrected chi connectivity index (χ1v) is 6.66. The molecule has 0 radical (unpaired) electrons. The Labute approximate surface area is 120 Å². The third-order valence-corrected chi connectivity index (χ3v) is 3.64. The smallest absolute Gasteiger partial charge is 0.336 e.